The topological polar surface area (TPSA) is 111 Å². The van der Waals surface area contributed by atoms with E-state index in [-0.39, 0.29) is 17.3 Å². The minimum atomic E-state index is -4.88. The summed E-state index contributed by atoms with van der Waals surface area (Å²) in [4.78, 5) is 31.6. The maximum atomic E-state index is 13.3. The van der Waals surface area contributed by atoms with Gasteiger partial charge in [0.1, 0.15) is 17.2 Å². The van der Waals surface area contributed by atoms with Gasteiger partial charge in [0.15, 0.2) is 0 Å². The molecule has 0 bridgehead atoms. The Morgan fingerprint density at radius 2 is 1.77 bits per heavy atom. The van der Waals surface area contributed by atoms with E-state index in [1.165, 1.54) is 12.1 Å². The summed E-state index contributed by atoms with van der Waals surface area (Å²) in [5.41, 5.74) is 6.51. The van der Waals surface area contributed by atoms with Crippen molar-refractivity contribution < 1.29 is 22.4 Å². The molecule has 0 saturated carbocycles. The first-order valence-electron chi connectivity index (χ1n) is 10.3. The van der Waals surface area contributed by atoms with Crippen LogP contribution in [0.4, 0.5) is 40.3 Å². The number of aromatic nitrogens is 2. The number of fused-ring (bicyclic) bond motifs is 3. The van der Waals surface area contributed by atoms with Crippen LogP contribution < -0.4 is 27.0 Å². The number of carbonyl (C=O) groups excluding carboxylic acids is 1. The fraction of sp³-hybridized carbons (Fsp3) is 0.0870. The van der Waals surface area contributed by atoms with E-state index >= 15 is 0 Å². The molecule has 0 atom stereocenters. The van der Waals surface area contributed by atoms with E-state index in [2.05, 4.69) is 31.5 Å². The number of rotatable bonds is 4. The van der Waals surface area contributed by atoms with Crippen molar-refractivity contribution in [3.05, 3.63) is 87.6 Å². The Morgan fingerprint density at radius 1 is 1.03 bits per heavy atom. The minimum Gasteiger partial charge on any atom is -0.355 e. The Morgan fingerprint density at radius 3 is 2.51 bits per heavy atom. The highest BCUT2D eigenvalue weighted by molar-refractivity contribution is 6.05. The highest BCUT2D eigenvalue weighted by atomic mass is 19.4. The first kappa shape index (κ1) is 22.3. The lowest BCUT2D eigenvalue weighted by Gasteiger charge is -2.14. The van der Waals surface area contributed by atoms with Crippen molar-refractivity contribution in [1.82, 2.24) is 15.4 Å². The average Bonchev–Trinajstić information content (AvgIpc) is 3.30. The average molecular weight is 484 g/mol. The number of aromatic amines is 1. The number of amides is 1. The number of hydrogen-bond acceptors (Lipinski definition) is 6. The van der Waals surface area contributed by atoms with Crippen molar-refractivity contribution in [2.24, 2.45) is 0 Å². The molecule has 0 spiro atoms. The largest absolute Gasteiger partial charge is 0.417 e. The molecule has 12 heteroatoms. The van der Waals surface area contributed by atoms with Gasteiger partial charge in [0.05, 0.1) is 16.8 Å². The van der Waals surface area contributed by atoms with Crippen LogP contribution in [0.25, 0.3) is 11.0 Å². The number of alkyl halides is 3. The van der Waals surface area contributed by atoms with Crippen molar-refractivity contribution in [2.75, 3.05) is 16.1 Å². The van der Waals surface area contributed by atoms with Crippen LogP contribution in [0.15, 0.2) is 59.5 Å². The van der Waals surface area contributed by atoms with Gasteiger partial charge in [-0.3, -0.25) is 9.59 Å². The van der Waals surface area contributed by atoms with E-state index in [9.17, 15) is 27.2 Å². The summed E-state index contributed by atoms with van der Waals surface area (Å²) in [5, 5.41) is 6.33. The van der Waals surface area contributed by atoms with Gasteiger partial charge in [-0.15, -0.1) is 0 Å². The van der Waals surface area contributed by atoms with Crippen LogP contribution in [0.2, 0.25) is 0 Å². The van der Waals surface area contributed by atoms with Gasteiger partial charge >= 0.3 is 6.18 Å². The molecular formula is C23H16F4N6O2. The summed E-state index contributed by atoms with van der Waals surface area (Å²) in [7, 11) is 0. The molecule has 2 aromatic carbocycles. The zero-order chi connectivity index (χ0) is 24.7. The van der Waals surface area contributed by atoms with Crippen LogP contribution in [0.5, 0.6) is 0 Å². The van der Waals surface area contributed by atoms with Gasteiger partial charge in [-0.1, -0.05) is 0 Å². The SMILES string of the molecule is O=C(Nc1ccc(Nc2ccnc3[nH]c(=O)c4c(c23)CNN4)cc1)c1ccc(F)cc1C(F)(F)F. The van der Waals surface area contributed by atoms with Gasteiger partial charge in [0.2, 0.25) is 0 Å². The standard InChI is InChI=1S/C23H16F4N6O2/c24-11-1-6-14(16(9-11)23(25,26)27)21(34)31-13-4-2-12(3-5-13)30-17-7-8-28-20-18(17)15-10-29-33-19(15)22(35)32-20/h1-9,29,33H,10H2,(H,31,34)(H2,28,30,32,35). The van der Waals surface area contributed by atoms with Gasteiger partial charge in [-0.05, 0) is 48.5 Å². The molecule has 0 fully saturated rings. The summed E-state index contributed by atoms with van der Waals surface area (Å²) in [5.74, 6) is -2.10. The molecule has 5 N–H and O–H groups in total. The number of pyridine rings is 2. The van der Waals surface area contributed by atoms with Crippen LogP contribution in [0.3, 0.4) is 0 Å². The molecule has 0 unspecified atom stereocenters. The molecule has 2 aromatic heterocycles. The van der Waals surface area contributed by atoms with Crippen LogP contribution in [0, 0.1) is 5.82 Å². The first-order valence-corrected chi connectivity index (χ1v) is 10.3. The monoisotopic (exact) mass is 484 g/mol. The van der Waals surface area contributed by atoms with Crippen LogP contribution in [-0.2, 0) is 12.7 Å². The second-order valence-corrected chi connectivity index (χ2v) is 7.71. The summed E-state index contributed by atoms with van der Waals surface area (Å²) in [6.45, 7) is 0.421. The lowest BCUT2D eigenvalue weighted by atomic mass is 10.1. The number of carbonyl (C=O) groups is 1. The van der Waals surface area contributed by atoms with Crippen molar-refractivity contribution in [2.45, 2.75) is 12.7 Å². The van der Waals surface area contributed by atoms with Gasteiger partial charge in [0, 0.05) is 35.1 Å². The van der Waals surface area contributed by atoms with Gasteiger partial charge < -0.3 is 21.0 Å². The number of hydrazine groups is 1. The number of anilines is 4. The van der Waals surface area contributed by atoms with Crippen LogP contribution >= 0.6 is 0 Å². The predicted octanol–water partition coefficient (Wildman–Crippen LogP) is 4.51. The first-order chi connectivity index (χ1) is 16.7. The Bertz CT molecular complexity index is 1520. The van der Waals surface area contributed by atoms with E-state index in [1.54, 1.807) is 24.4 Å². The Hall–Kier alpha value is -4.45. The lowest BCUT2D eigenvalue weighted by Crippen LogP contribution is -2.19. The van der Waals surface area contributed by atoms with E-state index in [1.807, 2.05) is 0 Å². The number of hydrogen-bond donors (Lipinski definition) is 5. The third-order valence-electron chi connectivity index (χ3n) is 5.45. The third-order valence-corrected chi connectivity index (χ3v) is 5.45. The number of nitrogens with one attached hydrogen (secondary N) is 5. The van der Waals surface area contributed by atoms with Crippen LogP contribution in [0.1, 0.15) is 21.5 Å². The van der Waals surface area contributed by atoms with E-state index in [0.717, 1.165) is 17.7 Å². The summed E-state index contributed by atoms with van der Waals surface area (Å²) in [6, 6.07) is 9.89. The van der Waals surface area contributed by atoms with Crippen molar-refractivity contribution in [3.8, 4) is 0 Å². The van der Waals surface area contributed by atoms with E-state index in [0.29, 0.717) is 34.6 Å². The third kappa shape index (κ3) is 4.26. The van der Waals surface area contributed by atoms with Gasteiger partial charge in [-0.2, -0.15) is 13.2 Å². The maximum Gasteiger partial charge on any atom is 0.417 e. The van der Waals surface area contributed by atoms with E-state index < -0.39 is 29.0 Å². The molecule has 5 rings (SSSR count). The number of nitrogens with zero attached hydrogens (tertiary/aromatic N) is 1. The molecule has 1 amide bonds. The number of H-pyrrole nitrogens is 1. The summed E-state index contributed by atoms with van der Waals surface area (Å²) >= 11 is 0. The van der Waals surface area contributed by atoms with Crippen molar-refractivity contribution >= 4 is 39.7 Å². The van der Waals surface area contributed by atoms with Crippen molar-refractivity contribution in [3.63, 3.8) is 0 Å². The molecule has 35 heavy (non-hydrogen) atoms. The second-order valence-electron chi connectivity index (χ2n) is 7.71. The zero-order valence-corrected chi connectivity index (χ0v) is 17.7. The second kappa shape index (κ2) is 8.40. The Labute approximate surface area is 194 Å². The highest BCUT2D eigenvalue weighted by Gasteiger charge is 2.35. The summed E-state index contributed by atoms with van der Waals surface area (Å²) < 4.78 is 53.0. The molecule has 0 aliphatic carbocycles. The molecule has 8 nitrogen and oxygen atoms in total. The molecule has 1 aliphatic heterocycles. The van der Waals surface area contributed by atoms with Crippen molar-refractivity contribution in [1.29, 1.82) is 0 Å². The van der Waals surface area contributed by atoms with Crippen LogP contribution in [-0.4, -0.2) is 15.9 Å². The summed E-state index contributed by atoms with van der Waals surface area (Å²) in [6.07, 6.45) is -3.34. The quantitative estimate of drug-likeness (QED) is 0.273. The van der Waals surface area contributed by atoms with Gasteiger partial charge in [-0.25, -0.2) is 14.8 Å². The number of benzene rings is 2. The molecule has 0 saturated heterocycles. The van der Waals surface area contributed by atoms with Gasteiger partial charge in [0.25, 0.3) is 11.5 Å². The Balaban J connectivity index is 1.39. The molecule has 3 heterocycles. The zero-order valence-electron chi connectivity index (χ0n) is 17.7. The smallest absolute Gasteiger partial charge is 0.355 e. The minimum absolute atomic E-state index is 0.246. The molecule has 0 radical (unpaired) electrons. The lowest BCUT2D eigenvalue weighted by molar-refractivity contribution is -0.138. The maximum absolute atomic E-state index is 13.3. The normalized spacial score (nSPS) is 12.8. The Kier molecular flexibility index (Phi) is 5.36. The fourth-order valence-corrected chi connectivity index (χ4v) is 3.87. The molecule has 178 valence electrons. The molecule has 1 aliphatic rings. The van der Waals surface area contributed by atoms with E-state index in [4.69, 9.17) is 0 Å². The predicted molar refractivity (Wildman–Crippen MR) is 122 cm³/mol. The highest BCUT2D eigenvalue weighted by Crippen LogP contribution is 2.34. The fourth-order valence-electron chi connectivity index (χ4n) is 3.87. The number of halogens is 4. The molecular weight excluding hydrogens is 468 g/mol. The molecule has 4 aromatic rings.